The summed E-state index contributed by atoms with van der Waals surface area (Å²) in [5.41, 5.74) is 0. The molecule has 0 radical (unpaired) electrons. The molecule has 3 aliphatic rings. The molecule has 0 aromatic carbocycles. The second kappa shape index (κ2) is 10.3. The molecule has 3 heterocycles. The van der Waals surface area contributed by atoms with Crippen LogP contribution in [0.2, 0.25) is 0 Å². The molecule has 152 valence electrons. The molecule has 3 aliphatic heterocycles. The van der Waals surface area contributed by atoms with Crippen molar-refractivity contribution in [1.29, 1.82) is 0 Å². The molecule has 3 saturated heterocycles. The predicted molar refractivity (Wildman–Crippen MR) is 97.0 cm³/mol. The highest BCUT2D eigenvalue weighted by atomic mass is 16.9. The van der Waals surface area contributed by atoms with Gasteiger partial charge in [-0.3, -0.25) is 0 Å². The number of unbranched alkanes of at least 4 members (excludes halogenated alkanes) is 5. The summed E-state index contributed by atoms with van der Waals surface area (Å²) in [6.07, 6.45) is 9.23. The molecule has 0 aliphatic carbocycles. The van der Waals surface area contributed by atoms with Gasteiger partial charge in [0.2, 0.25) is 0 Å². The first kappa shape index (κ1) is 20.5. The molecule has 6 nitrogen and oxygen atoms in total. The third kappa shape index (κ3) is 7.41. The van der Waals surface area contributed by atoms with Crippen LogP contribution in [0.15, 0.2) is 0 Å². The maximum atomic E-state index is 6.19. The normalized spacial score (nSPS) is 30.0. The van der Waals surface area contributed by atoms with Crippen LogP contribution in [0.25, 0.3) is 0 Å². The van der Waals surface area contributed by atoms with Crippen molar-refractivity contribution in [3.8, 4) is 0 Å². The summed E-state index contributed by atoms with van der Waals surface area (Å²) >= 11 is 0. The Bertz CT molecular complexity index is 351. The number of rotatable bonds is 17. The van der Waals surface area contributed by atoms with Crippen molar-refractivity contribution in [1.82, 2.24) is 0 Å². The molecule has 0 aromatic heterocycles. The monoisotopic (exact) mass is 372 g/mol. The van der Waals surface area contributed by atoms with Crippen LogP contribution in [-0.2, 0) is 28.4 Å². The summed E-state index contributed by atoms with van der Waals surface area (Å²) in [5, 5.41) is 0. The largest absolute Gasteiger partial charge is 0.371 e. The highest BCUT2D eigenvalue weighted by Gasteiger charge is 2.44. The van der Waals surface area contributed by atoms with Gasteiger partial charge in [0.25, 0.3) is 5.97 Å². The van der Waals surface area contributed by atoms with Crippen molar-refractivity contribution in [3.05, 3.63) is 0 Å². The zero-order valence-electron chi connectivity index (χ0n) is 16.5. The highest BCUT2D eigenvalue weighted by Crippen LogP contribution is 2.33. The van der Waals surface area contributed by atoms with Gasteiger partial charge < -0.3 is 28.4 Å². The average Bonchev–Trinajstić information content (AvgIpc) is 3.49. The summed E-state index contributed by atoms with van der Waals surface area (Å²) in [5.74, 6) is -0.877. The lowest BCUT2D eigenvalue weighted by atomic mass is 9.99. The standard InChI is InChI=1S/C20H36O6/c1-3-4-5-6-7-8-9-16(2)20(24-13-17-10-21-17,25-14-18-11-22-18)26-15-19-12-23-19/h16-19H,3-15H2,1-2H3. The molecular weight excluding hydrogens is 336 g/mol. The summed E-state index contributed by atoms with van der Waals surface area (Å²) in [6, 6.07) is 0. The third-order valence-electron chi connectivity index (χ3n) is 5.21. The van der Waals surface area contributed by atoms with Crippen LogP contribution in [0.3, 0.4) is 0 Å². The van der Waals surface area contributed by atoms with Crippen molar-refractivity contribution in [3.63, 3.8) is 0 Å². The summed E-state index contributed by atoms with van der Waals surface area (Å²) in [4.78, 5) is 0. The van der Waals surface area contributed by atoms with Gasteiger partial charge in [-0.2, -0.15) is 0 Å². The minimum atomic E-state index is -1.02. The first-order chi connectivity index (χ1) is 12.7. The molecule has 4 atom stereocenters. The van der Waals surface area contributed by atoms with Gasteiger partial charge in [-0.1, -0.05) is 52.4 Å². The fraction of sp³-hybridized carbons (Fsp3) is 1.00. The van der Waals surface area contributed by atoms with Gasteiger partial charge in [0.05, 0.1) is 39.6 Å². The Labute approximate surface area is 157 Å². The quantitative estimate of drug-likeness (QED) is 0.222. The van der Waals surface area contributed by atoms with Gasteiger partial charge in [-0.15, -0.1) is 0 Å². The number of ether oxygens (including phenoxy) is 6. The SMILES string of the molecule is CCCCCCCCC(C)C(OCC1CO1)(OCC1CO1)OCC1CO1. The van der Waals surface area contributed by atoms with Gasteiger partial charge in [0.1, 0.15) is 18.3 Å². The lowest BCUT2D eigenvalue weighted by molar-refractivity contribution is -0.405. The van der Waals surface area contributed by atoms with Crippen LogP contribution in [0.5, 0.6) is 0 Å². The zero-order valence-corrected chi connectivity index (χ0v) is 16.5. The second-order valence-corrected chi connectivity index (χ2v) is 7.86. The van der Waals surface area contributed by atoms with Crippen molar-refractivity contribution in [2.24, 2.45) is 5.92 Å². The Hall–Kier alpha value is -0.240. The minimum absolute atomic E-state index is 0.143. The average molecular weight is 373 g/mol. The highest BCUT2D eigenvalue weighted by molar-refractivity contribution is 4.78. The van der Waals surface area contributed by atoms with E-state index in [1.807, 2.05) is 0 Å². The van der Waals surface area contributed by atoms with Gasteiger partial charge >= 0.3 is 0 Å². The van der Waals surface area contributed by atoms with E-state index < -0.39 is 5.97 Å². The molecule has 26 heavy (non-hydrogen) atoms. The Balaban J connectivity index is 1.49. The van der Waals surface area contributed by atoms with E-state index in [4.69, 9.17) is 28.4 Å². The van der Waals surface area contributed by atoms with Crippen LogP contribution < -0.4 is 0 Å². The third-order valence-corrected chi connectivity index (χ3v) is 5.21. The summed E-state index contributed by atoms with van der Waals surface area (Å²) in [6.45, 7) is 8.24. The molecule has 4 unspecified atom stereocenters. The lowest BCUT2D eigenvalue weighted by Gasteiger charge is -2.38. The summed E-state index contributed by atoms with van der Waals surface area (Å²) in [7, 11) is 0. The Morgan fingerprint density at radius 1 is 0.769 bits per heavy atom. The van der Waals surface area contributed by atoms with Crippen molar-refractivity contribution < 1.29 is 28.4 Å². The molecule has 0 aromatic rings. The maximum absolute atomic E-state index is 6.19. The number of epoxide rings is 3. The van der Waals surface area contributed by atoms with Crippen molar-refractivity contribution in [2.45, 2.75) is 83.1 Å². The van der Waals surface area contributed by atoms with Gasteiger partial charge in [-0.25, -0.2) is 0 Å². The lowest BCUT2D eigenvalue weighted by Crippen LogP contribution is -2.47. The van der Waals surface area contributed by atoms with E-state index in [-0.39, 0.29) is 24.2 Å². The van der Waals surface area contributed by atoms with Crippen molar-refractivity contribution >= 4 is 0 Å². The second-order valence-electron chi connectivity index (χ2n) is 7.86. The van der Waals surface area contributed by atoms with E-state index >= 15 is 0 Å². The first-order valence-corrected chi connectivity index (χ1v) is 10.5. The Kier molecular flexibility index (Phi) is 8.15. The fourth-order valence-corrected chi connectivity index (χ4v) is 3.08. The van der Waals surface area contributed by atoms with Gasteiger partial charge in [0, 0.05) is 5.92 Å². The van der Waals surface area contributed by atoms with Crippen LogP contribution in [0.4, 0.5) is 0 Å². The van der Waals surface area contributed by atoms with E-state index in [2.05, 4.69) is 13.8 Å². The minimum Gasteiger partial charge on any atom is -0.371 e. The molecule has 0 N–H and O–H groups in total. The molecule has 6 heteroatoms. The zero-order chi connectivity index (χ0) is 18.2. The molecule has 0 saturated carbocycles. The molecule has 0 amide bonds. The molecule has 3 rings (SSSR count). The van der Waals surface area contributed by atoms with Gasteiger partial charge in [0.15, 0.2) is 0 Å². The molecular formula is C20H36O6. The van der Waals surface area contributed by atoms with Crippen molar-refractivity contribution in [2.75, 3.05) is 39.6 Å². The topological polar surface area (TPSA) is 65.3 Å². The predicted octanol–water partition coefficient (Wildman–Crippen LogP) is 3.27. The number of hydrogen-bond donors (Lipinski definition) is 0. The molecule has 0 spiro atoms. The van der Waals surface area contributed by atoms with Crippen LogP contribution in [0.1, 0.15) is 58.8 Å². The van der Waals surface area contributed by atoms with E-state index in [0.29, 0.717) is 19.8 Å². The van der Waals surface area contributed by atoms with E-state index in [1.165, 1.54) is 38.5 Å². The van der Waals surface area contributed by atoms with E-state index in [0.717, 1.165) is 26.2 Å². The fourth-order valence-electron chi connectivity index (χ4n) is 3.08. The van der Waals surface area contributed by atoms with Crippen LogP contribution in [0, 0.1) is 5.92 Å². The molecule has 3 fully saturated rings. The van der Waals surface area contributed by atoms with Crippen LogP contribution in [-0.4, -0.2) is 63.9 Å². The smallest absolute Gasteiger partial charge is 0.285 e. The van der Waals surface area contributed by atoms with Crippen LogP contribution >= 0.6 is 0 Å². The maximum Gasteiger partial charge on any atom is 0.285 e. The summed E-state index contributed by atoms with van der Waals surface area (Å²) < 4.78 is 34.5. The van der Waals surface area contributed by atoms with E-state index in [9.17, 15) is 0 Å². The number of hydrogen-bond acceptors (Lipinski definition) is 6. The van der Waals surface area contributed by atoms with Gasteiger partial charge in [-0.05, 0) is 6.42 Å². The molecule has 0 bridgehead atoms. The Morgan fingerprint density at radius 2 is 1.19 bits per heavy atom. The first-order valence-electron chi connectivity index (χ1n) is 10.5. The Morgan fingerprint density at radius 3 is 1.62 bits per heavy atom. The van der Waals surface area contributed by atoms with E-state index in [1.54, 1.807) is 0 Å².